The molecule has 2 aliphatic rings. The number of carbonyl (C=O) groups is 3. The molecule has 3 amide bonds. The Bertz CT molecular complexity index is 715. The molecule has 8 heteroatoms. The van der Waals surface area contributed by atoms with Crippen LogP contribution in [0.4, 0.5) is 14.9 Å². The molecule has 3 rings (SSSR count). The van der Waals surface area contributed by atoms with Crippen LogP contribution in [0.5, 0.6) is 0 Å². The van der Waals surface area contributed by atoms with Crippen molar-refractivity contribution in [2.24, 2.45) is 0 Å². The minimum Gasteiger partial charge on any atom is -0.459 e. The van der Waals surface area contributed by atoms with E-state index in [0.29, 0.717) is 13.0 Å². The maximum absolute atomic E-state index is 14.3. The fourth-order valence-corrected chi connectivity index (χ4v) is 3.22. The number of amides is 3. The molecule has 1 aromatic carbocycles. The van der Waals surface area contributed by atoms with E-state index in [-0.39, 0.29) is 22.4 Å². The summed E-state index contributed by atoms with van der Waals surface area (Å²) in [7, 11) is 0. The summed E-state index contributed by atoms with van der Waals surface area (Å²) in [5.41, 5.74) is -0.367. The molecule has 0 unspecified atom stereocenters. The van der Waals surface area contributed by atoms with Gasteiger partial charge < -0.3 is 9.64 Å². The summed E-state index contributed by atoms with van der Waals surface area (Å²) in [5, 5.41) is -0.138. The van der Waals surface area contributed by atoms with Crippen LogP contribution < -0.4 is 4.90 Å². The van der Waals surface area contributed by atoms with E-state index in [9.17, 15) is 18.8 Å². The SMILES string of the molecule is CC(C)OC(=O)c1cc(N2C(=O)[C@@H]3CCCN3C2=O)c(F)cc1Cl. The van der Waals surface area contributed by atoms with Gasteiger partial charge in [-0.2, -0.15) is 0 Å². The summed E-state index contributed by atoms with van der Waals surface area (Å²) in [6, 6.07) is 0.878. The van der Waals surface area contributed by atoms with Crippen LogP contribution in [0.3, 0.4) is 0 Å². The first-order valence-corrected chi connectivity index (χ1v) is 8.03. The molecule has 0 bridgehead atoms. The Labute approximate surface area is 143 Å². The third kappa shape index (κ3) is 2.62. The van der Waals surface area contributed by atoms with Crippen LogP contribution in [-0.2, 0) is 9.53 Å². The summed E-state index contributed by atoms with van der Waals surface area (Å²) in [5.74, 6) is -2.07. The molecule has 2 saturated heterocycles. The van der Waals surface area contributed by atoms with Crippen molar-refractivity contribution in [3.8, 4) is 0 Å². The van der Waals surface area contributed by atoms with E-state index >= 15 is 0 Å². The van der Waals surface area contributed by atoms with Gasteiger partial charge in [0.1, 0.15) is 11.9 Å². The highest BCUT2D eigenvalue weighted by Gasteiger charge is 2.48. The molecule has 128 valence electrons. The molecule has 0 radical (unpaired) electrons. The molecule has 0 saturated carbocycles. The Morgan fingerprint density at radius 1 is 1.38 bits per heavy atom. The average molecular weight is 355 g/mol. The van der Waals surface area contributed by atoms with Gasteiger partial charge in [0.25, 0.3) is 5.91 Å². The Hall–Kier alpha value is -2.15. The number of halogens is 2. The van der Waals surface area contributed by atoms with Gasteiger partial charge in [-0.3, -0.25) is 4.79 Å². The van der Waals surface area contributed by atoms with Gasteiger partial charge in [-0.1, -0.05) is 11.6 Å². The van der Waals surface area contributed by atoms with E-state index in [0.717, 1.165) is 23.5 Å². The number of carbonyl (C=O) groups excluding carboxylic acids is 3. The normalized spacial score (nSPS) is 20.1. The fraction of sp³-hybridized carbons (Fsp3) is 0.438. The van der Waals surface area contributed by atoms with Crippen molar-refractivity contribution in [2.75, 3.05) is 11.4 Å². The second kappa shape index (κ2) is 6.05. The van der Waals surface area contributed by atoms with Gasteiger partial charge in [0, 0.05) is 6.54 Å². The van der Waals surface area contributed by atoms with Crippen molar-refractivity contribution in [3.63, 3.8) is 0 Å². The first-order valence-electron chi connectivity index (χ1n) is 7.66. The number of benzene rings is 1. The third-order valence-electron chi connectivity index (χ3n) is 4.04. The number of nitrogens with zero attached hydrogens (tertiary/aromatic N) is 2. The maximum atomic E-state index is 14.3. The van der Waals surface area contributed by atoms with Gasteiger partial charge in [0.15, 0.2) is 0 Å². The van der Waals surface area contributed by atoms with Crippen LogP contribution in [0.25, 0.3) is 0 Å². The third-order valence-corrected chi connectivity index (χ3v) is 4.35. The molecule has 0 aromatic heterocycles. The summed E-state index contributed by atoms with van der Waals surface area (Å²) in [4.78, 5) is 39.1. The van der Waals surface area contributed by atoms with Crippen molar-refractivity contribution in [1.82, 2.24) is 4.90 Å². The van der Waals surface area contributed by atoms with E-state index in [2.05, 4.69) is 0 Å². The molecule has 0 aliphatic carbocycles. The molecule has 2 aliphatic heterocycles. The summed E-state index contributed by atoms with van der Waals surface area (Å²) in [6.45, 7) is 3.79. The molecule has 6 nitrogen and oxygen atoms in total. The number of ether oxygens (including phenoxy) is 1. The van der Waals surface area contributed by atoms with Crippen molar-refractivity contribution in [1.29, 1.82) is 0 Å². The van der Waals surface area contributed by atoms with E-state index in [1.165, 1.54) is 4.90 Å². The number of esters is 1. The van der Waals surface area contributed by atoms with Crippen LogP contribution >= 0.6 is 11.6 Å². The van der Waals surface area contributed by atoms with Gasteiger partial charge in [0.2, 0.25) is 0 Å². The highest BCUT2D eigenvalue weighted by molar-refractivity contribution is 6.34. The number of hydrogen-bond acceptors (Lipinski definition) is 4. The van der Waals surface area contributed by atoms with Gasteiger partial charge in [0.05, 0.1) is 22.4 Å². The van der Waals surface area contributed by atoms with Crippen molar-refractivity contribution >= 4 is 35.2 Å². The summed E-state index contributed by atoms with van der Waals surface area (Å²) in [6.07, 6.45) is 0.909. The molecular weight excluding hydrogens is 339 g/mol. The van der Waals surface area contributed by atoms with E-state index in [4.69, 9.17) is 16.3 Å². The predicted octanol–water partition coefficient (Wildman–Crippen LogP) is 2.98. The van der Waals surface area contributed by atoms with Crippen LogP contribution in [-0.4, -0.2) is 41.5 Å². The number of urea groups is 1. The molecule has 24 heavy (non-hydrogen) atoms. The van der Waals surface area contributed by atoms with E-state index < -0.39 is 29.8 Å². The molecule has 1 aromatic rings. The minimum absolute atomic E-state index is 0.0885. The topological polar surface area (TPSA) is 66.9 Å². The average Bonchev–Trinajstić information content (AvgIpc) is 3.04. The van der Waals surface area contributed by atoms with E-state index in [1.807, 2.05) is 0 Å². The van der Waals surface area contributed by atoms with Gasteiger partial charge >= 0.3 is 12.0 Å². The number of anilines is 1. The van der Waals surface area contributed by atoms with Crippen LogP contribution in [0.1, 0.15) is 37.0 Å². The lowest BCUT2D eigenvalue weighted by Crippen LogP contribution is -2.34. The standard InChI is InChI=1S/C16H16ClFN2O4/c1-8(2)24-15(22)9-6-13(11(18)7-10(9)17)20-14(21)12-4-3-5-19(12)16(20)23/h6-8,12H,3-5H2,1-2H3/t12-/m0/s1. The Morgan fingerprint density at radius 2 is 2.08 bits per heavy atom. The van der Waals surface area contributed by atoms with Crippen molar-refractivity contribution < 1.29 is 23.5 Å². The zero-order valence-electron chi connectivity index (χ0n) is 13.2. The van der Waals surface area contributed by atoms with Gasteiger partial charge in [-0.15, -0.1) is 0 Å². The van der Waals surface area contributed by atoms with Crippen LogP contribution in [0.2, 0.25) is 5.02 Å². The summed E-state index contributed by atoms with van der Waals surface area (Å²) >= 11 is 5.92. The largest absolute Gasteiger partial charge is 0.459 e. The first kappa shape index (κ1) is 16.7. The lowest BCUT2D eigenvalue weighted by atomic mass is 10.1. The highest BCUT2D eigenvalue weighted by Crippen LogP contribution is 2.35. The van der Waals surface area contributed by atoms with Crippen LogP contribution in [0.15, 0.2) is 12.1 Å². The Kier molecular flexibility index (Phi) is 4.21. The number of imide groups is 1. The minimum atomic E-state index is -0.844. The van der Waals surface area contributed by atoms with Gasteiger partial charge in [-0.25, -0.2) is 18.9 Å². The van der Waals surface area contributed by atoms with Crippen molar-refractivity contribution in [3.05, 3.63) is 28.5 Å². The predicted molar refractivity (Wildman–Crippen MR) is 84.6 cm³/mol. The Balaban J connectivity index is 2.01. The summed E-state index contributed by atoms with van der Waals surface area (Å²) < 4.78 is 19.4. The fourth-order valence-electron chi connectivity index (χ4n) is 2.99. The quantitative estimate of drug-likeness (QED) is 0.618. The molecule has 1 atom stereocenters. The highest BCUT2D eigenvalue weighted by atomic mass is 35.5. The molecule has 0 N–H and O–H groups in total. The maximum Gasteiger partial charge on any atom is 0.339 e. The second-order valence-corrected chi connectivity index (χ2v) is 6.45. The zero-order chi connectivity index (χ0) is 17.6. The molecule has 2 fully saturated rings. The number of rotatable bonds is 3. The molecule has 0 spiro atoms. The van der Waals surface area contributed by atoms with E-state index in [1.54, 1.807) is 13.8 Å². The van der Waals surface area contributed by atoms with Crippen molar-refractivity contribution in [2.45, 2.75) is 38.8 Å². The lowest BCUT2D eigenvalue weighted by molar-refractivity contribution is -0.119. The second-order valence-electron chi connectivity index (χ2n) is 6.05. The molecule has 2 heterocycles. The number of fused-ring (bicyclic) bond motifs is 1. The Morgan fingerprint density at radius 3 is 2.71 bits per heavy atom. The zero-order valence-corrected chi connectivity index (χ0v) is 14.0. The smallest absolute Gasteiger partial charge is 0.339 e. The first-order chi connectivity index (χ1) is 11.3. The molecular formula is C16H16ClFN2O4. The monoisotopic (exact) mass is 354 g/mol. The van der Waals surface area contributed by atoms with Gasteiger partial charge in [-0.05, 0) is 38.8 Å². The lowest BCUT2D eigenvalue weighted by Gasteiger charge is -2.18. The number of hydrogen-bond donors (Lipinski definition) is 0. The van der Waals surface area contributed by atoms with Crippen LogP contribution in [0, 0.1) is 5.82 Å².